The lowest BCUT2D eigenvalue weighted by atomic mass is 10.0. The van der Waals surface area contributed by atoms with Crippen LogP contribution < -0.4 is 15.4 Å². The van der Waals surface area contributed by atoms with Gasteiger partial charge in [-0.2, -0.15) is 5.10 Å². The summed E-state index contributed by atoms with van der Waals surface area (Å²) >= 11 is 0. The molecule has 2 aromatic heterocycles. The van der Waals surface area contributed by atoms with Crippen molar-refractivity contribution in [3.05, 3.63) is 76.7 Å². The first-order chi connectivity index (χ1) is 16.7. The Bertz CT molecular complexity index is 1470. The number of aromatic nitrogens is 3. The monoisotopic (exact) mass is 483 g/mol. The second-order valence-electron chi connectivity index (χ2n) is 7.71. The smallest absolute Gasteiger partial charge is 0.254 e. The third-order valence-corrected chi connectivity index (χ3v) is 5.21. The Kier molecular flexibility index (Phi) is 6.41. The van der Waals surface area contributed by atoms with E-state index in [0.717, 1.165) is 6.07 Å². The number of nitrogens with one attached hydrogen (secondary N) is 2. The van der Waals surface area contributed by atoms with Gasteiger partial charge in [0.15, 0.2) is 23.0 Å². The number of amides is 2. The van der Waals surface area contributed by atoms with E-state index in [1.807, 2.05) is 0 Å². The summed E-state index contributed by atoms with van der Waals surface area (Å²) in [5.74, 6) is -3.56. The van der Waals surface area contributed by atoms with Gasteiger partial charge in [-0.25, -0.2) is 22.7 Å². The van der Waals surface area contributed by atoms with Gasteiger partial charge in [-0.3, -0.25) is 9.59 Å². The van der Waals surface area contributed by atoms with Gasteiger partial charge in [-0.15, -0.1) is 0 Å². The normalized spacial score (nSPS) is 10.9. The predicted octanol–water partition coefficient (Wildman–Crippen LogP) is 4.02. The first kappa shape index (κ1) is 23.7. The summed E-state index contributed by atoms with van der Waals surface area (Å²) < 4.78 is 49.4. The van der Waals surface area contributed by atoms with Gasteiger partial charge in [0.05, 0.1) is 24.6 Å². The maximum Gasteiger partial charge on any atom is 0.254 e. The topological polar surface area (TPSA) is 97.6 Å². The Morgan fingerprint density at radius 2 is 1.89 bits per heavy atom. The van der Waals surface area contributed by atoms with Gasteiger partial charge < -0.3 is 15.4 Å². The fourth-order valence-corrected chi connectivity index (χ4v) is 3.65. The lowest BCUT2D eigenvalue weighted by Crippen LogP contribution is -2.25. The molecule has 0 bridgehead atoms. The Morgan fingerprint density at radius 3 is 2.60 bits per heavy atom. The van der Waals surface area contributed by atoms with E-state index in [-0.39, 0.29) is 46.4 Å². The highest BCUT2D eigenvalue weighted by molar-refractivity contribution is 5.97. The molecule has 0 fully saturated rings. The van der Waals surface area contributed by atoms with Crippen molar-refractivity contribution in [2.24, 2.45) is 0 Å². The second-order valence-corrected chi connectivity index (χ2v) is 7.71. The third kappa shape index (κ3) is 4.79. The van der Waals surface area contributed by atoms with Gasteiger partial charge in [-0.1, -0.05) is 6.07 Å². The molecule has 35 heavy (non-hydrogen) atoms. The number of hydrogen-bond acceptors (Lipinski definition) is 5. The number of aryl methyl sites for hydroxylation is 1. The van der Waals surface area contributed by atoms with Crippen LogP contribution in [0.1, 0.15) is 28.4 Å². The molecule has 0 unspecified atom stereocenters. The average molecular weight is 483 g/mol. The van der Waals surface area contributed by atoms with Crippen molar-refractivity contribution < 1.29 is 27.5 Å². The fourth-order valence-electron chi connectivity index (χ4n) is 3.65. The Balaban J connectivity index is 1.64. The Labute approximate surface area is 197 Å². The fraction of sp³-hybridized carbons (Fsp3) is 0.167. The second kappa shape index (κ2) is 9.45. The van der Waals surface area contributed by atoms with E-state index < -0.39 is 23.4 Å². The van der Waals surface area contributed by atoms with Gasteiger partial charge in [0.25, 0.3) is 5.91 Å². The van der Waals surface area contributed by atoms with Crippen LogP contribution in [-0.4, -0.2) is 33.5 Å². The van der Waals surface area contributed by atoms with Crippen LogP contribution in [0.4, 0.5) is 19.0 Å². The first-order valence-electron chi connectivity index (χ1n) is 10.4. The van der Waals surface area contributed by atoms with Crippen molar-refractivity contribution in [1.82, 2.24) is 19.9 Å². The number of anilines is 1. The van der Waals surface area contributed by atoms with Gasteiger partial charge in [0.1, 0.15) is 11.6 Å². The Hall–Kier alpha value is -4.41. The molecule has 0 aliphatic carbocycles. The van der Waals surface area contributed by atoms with Crippen LogP contribution >= 0.6 is 0 Å². The van der Waals surface area contributed by atoms with E-state index in [1.165, 1.54) is 36.9 Å². The van der Waals surface area contributed by atoms with Crippen LogP contribution in [0.3, 0.4) is 0 Å². The quantitative estimate of drug-likeness (QED) is 0.432. The summed E-state index contributed by atoms with van der Waals surface area (Å²) in [6.07, 6.45) is 1.48. The molecule has 0 aliphatic rings. The maximum atomic E-state index is 15.5. The number of rotatable bonds is 6. The van der Waals surface area contributed by atoms with E-state index in [1.54, 1.807) is 19.1 Å². The number of benzene rings is 2. The molecule has 180 valence electrons. The molecule has 0 radical (unpaired) electrons. The number of carbonyl (C=O) groups excluding carboxylic acids is 2. The van der Waals surface area contributed by atoms with Crippen molar-refractivity contribution in [2.45, 2.75) is 20.4 Å². The van der Waals surface area contributed by atoms with Crippen LogP contribution in [0, 0.1) is 24.4 Å². The third-order valence-electron chi connectivity index (χ3n) is 5.21. The number of nitrogens with zero attached hydrogens (tertiary/aromatic N) is 3. The molecule has 2 amide bonds. The van der Waals surface area contributed by atoms with Gasteiger partial charge in [-0.05, 0) is 36.8 Å². The molecular weight excluding hydrogens is 463 g/mol. The predicted molar refractivity (Wildman–Crippen MR) is 122 cm³/mol. The van der Waals surface area contributed by atoms with Crippen molar-refractivity contribution in [3.63, 3.8) is 0 Å². The average Bonchev–Trinajstić information content (AvgIpc) is 3.18. The highest BCUT2D eigenvalue weighted by Crippen LogP contribution is 2.27. The zero-order valence-electron chi connectivity index (χ0n) is 18.9. The molecule has 2 heterocycles. The summed E-state index contributed by atoms with van der Waals surface area (Å²) in [6.45, 7) is 2.62. The van der Waals surface area contributed by atoms with E-state index in [9.17, 15) is 18.4 Å². The summed E-state index contributed by atoms with van der Waals surface area (Å²) in [5.41, 5.74) is 0.910. The van der Waals surface area contributed by atoms with E-state index in [4.69, 9.17) is 4.74 Å². The molecule has 2 aromatic carbocycles. The van der Waals surface area contributed by atoms with Crippen LogP contribution in [0.2, 0.25) is 0 Å². The van der Waals surface area contributed by atoms with Crippen molar-refractivity contribution in [1.29, 1.82) is 0 Å². The summed E-state index contributed by atoms with van der Waals surface area (Å²) in [4.78, 5) is 28.3. The number of imidazole rings is 1. The minimum atomic E-state index is -0.913. The van der Waals surface area contributed by atoms with Crippen LogP contribution in [-0.2, 0) is 11.3 Å². The van der Waals surface area contributed by atoms with Gasteiger partial charge >= 0.3 is 0 Å². The SMILES string of the molecule is COc1c(F)cc(F)cc1CNC(=O)c1c(C)ccc(-c2ccc3nc(NC(C)=O)cn3n2)c1F. The molecule has 11 heteroatoms. The lowest BCUT2D eigenvalue weighted by molar-refractivity contribution is -0.114. The zero-order chi connectivity index (χ0) is 25.3. The van der Waals surface area contributed by atoms with Crippen molar-refractivity contribution >= 4 is 23.3 Å². The van der Waals surface area contributed by atoms with E-state index in [0.29, 0.717) is 17.3 Å². The molecule has 0 atom stereocenters. The maximum absolute atomic E-state index is 15.5. The standard InChI is InChI=1S/C24H20F3N5O3/c1-12-4-5-16(18-6-7-20-30-19(29-13(2)33)11-32(20)31-18)22(27)21(12)24(34)28-10-14-8-15(25)9-17(26)23(14)35-3/h4-9,11H,10H2,1-3H3,(H,28,34)(H,29,33). The number of methoxy groups -OCH3 is 1. The van der Waals surface area contributed by atoms with E-state index in [2.05, 4.69) is 20.7 Å². The Morgan fingerprint density at radius 1 is 1.11 bits per heavy atom. The van der Waals surface area contributed by atoms with Crippen LogP contribution in [0.15, 0.2) is 42.6 Å². The largest absolute Gasteiger partial charge is 0.493 e. The van der Waals surface area contributed by atoms with Gasteiger partial charge in [0, 0.05) is 30.7 Å². The number of fused-ring (bicyclic) bond motifs is 1. The molecule has 0 aliphatic heterocycles. The highest BCUT2D eigenvalue weighted by atomic mass is 19.1. The summed E-state index contributed by atoms with van der Waals surface area (Å²) in [7, 11) is 1.22. The van der Waals surface area contributed by atoms with Crippen LogP contribution in [0.5, 0.6) is 5.75 Å². The highest BCUT2D eigenvalue weighted by Gasteiger charge is 2.21. The van der Waals surface area contributed by atoms with E-state index >= 15 is 4.39 Å². The molecular formula is C24H20F3N5O3. The number of carbonyl (C=O) groups is 2. The summed E-state index contributed by atoms with van der Waals surface area (Å²) in [6, 6.07) is 7.89. The molecule has 2 N–H and O–H groups in total. The first-order valence-corrected chi connectivity index (χ1v) is 10.4. The van der Waals surface area contributed by atoms with Gasteiger partial charge in [0.2, 0.25) is 5.91 Å². The molecule has 0 saturated heterocycles. The molecule has 0 saturated carbocycles. The van der Waals surface area contributed by atoms with Crippen molar-refractivity contribution in [3.8, 4) is 17.0 Å². The molecule has 8 nitrogen and oxygen atoms in total. The minimum absolute atomic E-state index is 0.0619. The number of halogens is 3. The number of ether oxygens (including phenoxy) is 1. The number of hydrogen-bond donors (Lipinski definition) is 2. The van der Waals surface area contributed by atoms with Crippen LogP contribution in [0.25, 0.3) is 16.9 Å². The zero-order valence-corrected chi connectivity index (χ0v) is 18.9. The summed E-state index contributed by atoms with van der Waals surface area (Å²) in [5, 5.41) is 9.36. The van der Waals surface area contributed by atoms with Crippen molar-refractivity contribution in [2.75, 3.05) is 12.4 Å². The lowest BCUT2D eigenvalue weighted by Gasteiger charge is -2.14. The minimum Gasteiger partial charge on any atom is -0.493 e. The molecule has 4 aromatic rings. The molecule has 0 spiro atoms. The molecule has 4 rings (SSSR count).